The van der Waals surface area contributed by atoms with Gasteiger partial charge in [-0.2, -0.15) is 4.98 Å². The molecule has 0 saturated carbocycles. The molecule has 0 atom stereocenters. The molecule has 1 amide bonds. The van der Waals surface area contributed by atoms with Crippen LogP contribution in [0.15, 0.2) is 53.1 Å². The van der Waals surface area contributed by atoms with E-state index in [-0.39, 0.29) is 5.91 Å². The van der Waals surface area contributed by atoms with Crippen LogP contribution in [0, 0.1) is 6.92 Å². The zero-order chi connectivity index (χ0) is 17.6. The molecule has 0 aliphatic rings. The SMILES string of the molecule is CC(=O)Nc1ccc(Nc2cc(C)nc(NCc3ccco3)n2)cc1. The van der Waals surface area contributed by atoms with Gasteiger partial charge in [0.1, 0.15) is 11.6 Å². The topological polar surface area (TPSA) is 92.1 Å². The molecule has 1 aromatic carbocycles. The molecule has 0 unspecified atom stereocenters. The summed E-state index contributed by atoms with van der Waals surface area (Å²) in [7, 11) is 0. The zero-order valence-corrected chi connectivity index (χ0v) is 14.0. The normalized spacial score (nSPS) is 10.3. The van der Waals surface area contributed by atoms with Crippen molar-refractivity contribution in [2.24, 2.45) is 0 Å². The minimum absolute atomic E-state index is 0.0978. The highest BCUT2D eigenvalue weighted by atomic mass is 16.3. The minimum atomic E-state index is -0.0978. The number of benzene rings is 1. The summed E-state index contributed by atoms with van der Waals surface area (Å²) in [5.41, 5.74) is 2.45. The predicted octanol–water partition coefficient (Wildman–Crippen LogP) is 3.69. The fourth-order valence-corrected chi connectivity index (χ4v) is 2.28. The van der Waals surface area contributed by atoms with Crippen molar-refractivity contribution in [2.45, 2.75) is 20.4 Å². The highest BCUT2D eigenvalue weighted by molar-refractivity contribution is 5.88. The van der Waals surface area contributed by atoms with E-state index in [1.165, 1.54) is 6.92 Å². The van der Waals surface area contributed by atoms with Gasteiger partial charge in [0.25, 0.3) is 0 Å². The maximum Gasteiger partial charge on any atom is 0.225 e. The molecule has 3 N–H and O–H groups in total. The lowest BCUT2D eigenvalue weighted by Crippen LogP contribution is -2.06. The molecule has 0 bridgehead atoms. The van der Waals surface area contributed by atoms with Gasteiger partial charge in [-0.1, -0.05) is 0 Å². The summed E-state index contributed by atoms with van der Waals surface area (Å²) in [6.45, 7) is 3.90. The number of amides is 1. The lowest BCUT2D eigenvalue weighted by Gasteiger charge is -2.10. The van der Waals surface area contributed by atoms with Crippen molar-refractivity contribution in [3.05, 3.63) is 60.2 Å². The van der Waals surface area contributed by atoms with E-state index in [0.29, 0.717) is 18.3 Å². The Balaban J connectivity index is 1.68. The maximum atomic E-state index is 11.1. The molecule has 7 nitrogen and oxygen atoms in total. The molecule has 3 rings (SSSR count). The Morgan fingerprint density at radius 3 is 2.56 bits per heavy atom. The van der Waals surface area contributed by atoms with Crippen LogP contribution in [0.1, 0.15) is 18.4 Å². The lowest BCUT2D eigenvalue weighted by molar-refractivity contribution is -0.114. The van der Waals surface area contributed by atoms with E-state index in [2.05, 4.69) is 25.9 Å². The van der Waals surface area contributed by atoms with Gasteiger partial charge in [-0.3, -0.25) is 4.79 Å². The number of rotatable bonds is 6. The first-order valence-corrected chi connectivity index (χ1v) is 7.85. The highest BCUT2D eigenvalue weighted by Crippen LogP contribution is 2.19. The van der Waals surface area contributed by atoms with E-state index >= 15 is 0 Å². The number of furan rings is 1. The number of hydrogen-bond acceptors (Lipinski definition) is 6. The first-order valence-electron chi connectivity index (χ1n) is 7.85. The van der Waals surface area contributed by atoms with Crippen molar-refractivity contribution in [1.29, 1.82) is 0 Å². The summed E-state index contributed by atoms with van der Waals surface area (Å²) in [6, 6.07) is 13.0. The number of aryl methyl sites for hydroxylation is 1. The predicted molar refractivity (Wildman–Crippen MR) is 96.8 cm³/mol. The average molecular weight is 337 g/mol. The average Bonchev–Trinajstić information content (AvgIpc) is 3.07. The third-order valence-corrected chi connectivity index (χ3v) is 3.33. The second-order valence-corrected chi connectivity index (χ2v) is 5.53. The van der Waals surface area contributed by atoms with Crippen LogP contribution in [0.25, 0.3) is 0 Å². The molecular weight excluding hydrogens is 318 g/mol. The fourth-order valence-electron chi connectivity index (χ4n) is 2.28. The third-order valence-electron chi connectivity index (χ3n) is 3.33. The summed E-state index contributed by atoms with van der Waals surface area (Å²) in [6.07, 6.45) is 1.63. The Hall–Kier alpha value is -3.35. The molecule has 7 heteroatoms. The Morgan fingerprint density at radius 2 is 1.88 bits per heavy atom. The summed E-state index contributed by atoms with van der Waals surface area (Å²) in [4.78, 5) is 19.9. The van der Waals surface area contributed by atoms with Crippen LogP contribution in [-0.4, -0.2) is 15.9 Å². The van der Waals surface area contributed by atoms with Gasteiger partial charge in [0.2, 0.25) is 11.9 Å². The quantitative estimate of drug-likeness (QED) is 0.635. The minimum Gasteiger partial charge on any atom is -0.467 e. The van der Waals surface area contributed by atoms with Gasteiger partial charge < -0.3 is 20.4 Å². The van der Waals surface area contributed by atoms with Gasteiger partial charge in [-0.15, -0.1) is 0 Å². The Morgan fingerprint density at radius 1 is 1.12 bits per heavy atom. The Bertz CT molecular complexity index is 844. The first kappa shape index (κ1) is 16.5. The molecule has 0 radical (unpaired) electrons. The molecule has 0 aliphatic carbocycles. The van der Waals surface area contributed by atoms with Crippen LogP contribution < -0.4 is 16.0 Å². The van der Waals surface area contributed by atoms with E-state index in [4.69, 9.17) is 4.42 Å². The van der Waals surface area contributed by atoms with Crippen LogP contribution >= 0.6 is 0 Å². The summed E-state index contributed by atoms with van der Waals surface area (Å²) in [5, 5.41) is 9.11. The number of anilines is 4. The van der Waals surface area contributed by atoms with Crippen molar-refractivity contribution in [1.82, 2.24) is 9.97 Å². The molecule has 3 aromatic rings. The van der Waals surface area contributed by atoms with Gasteiger partial charge in [0.05, 0.1) is 12.8 Å². The number of carbonyl (C=O) groups excluding carboxylic acids is 1. The van der Waals surface area contributed by atoms with E-state index in [1.54, 1.807) is 6.26 Å². The monoisotopic (exact) mass is 337 g/mol. The van der Waals surface area contributed by atoms with Gasteiger partial charge in [-0.25, -0.2) is 4.98 Å². The van der Waals surface area contributed by atoms with Crippen molar-refractivity contribution in [3.63, 3.8) is 0 Å². The van der Waals surface area contributed by atoms with E-state index < -0.39 is 0 Å². The number of nitrogens with zero attached hydrogens (tertiary/aromatic N) is 2. The van der Waals surface area contributed by atoms with Crippen LogP contribution in [-0.2, 0) is 11.3 Å². The summed E-state index contributed by atoms with van der Waals surface area (Å²) < 4.78 is 5.29. The largest absolute Gasteiger partial charge is 0.467 e. The standard InChI is InChI=1S/C18H19N5O2/c1-12-10-17(22-15-7-5-14(6-8-15)21-13(2)24)23-18(20-12)19-11-16-4-3-9-25-16/h3-10H,11H2,1-2H3,(H,21,24)(H2,19,20,22,23). The highest BCUT2D eigenvalue weighted by Gasteiger charge is 2.04. The van der Waals surface area contributed by atoms with Crippen LogP contribution in [0.4, 0.5) is 23.1 Å². The molecule has 0 fully saturated rings. The van der Waals surface area contributed by atoms with E-state index in [0.717, 1.165) is 22.8 Å². The van der Waals surface area contributed by atoms with Gasteiger partial charge in [0, 0.05) is 30.1 Å². The van der Waals surface area contributed by atoms with Crippen molar-refractivity contribution in [3.8, 4) is 0 Å². The Kier molecular flexibility index (Phi) is 4.94. The molecule has 0 aliphatic heterocycles. The van der Waals surface area contributed by atoms with E-state index in [1.807, 2.05) is 49.4 Å². The van der Waals surface area contributed by atoms with Crippen LogP contribution in [0.5, 0.6) is 0 Å². The second-order valence-electron chi connectivity index (χ2n) is 5.53. The van der Waals surface area contributed by atoms with Gasteiger partial charge in [0.15, 0.2) is 0 Å². The molecule has 2 heterocycles. The first-order chi connectivity index (χ1) is 12.1. The molecule has 25 heavy (non-hydrogen) atoms. The van der Waals surface area contributed by atoms with Crippen LogP contribution in [0.2, 0.25) is 0 Å². The number of carbonyl (C=O) groups is 1. The molecule has 0 spiro atoms. The van der Waals surface area contributed by atoms with Crippen molar-refractivity contribution >= 4 is 29.0 Å². The molecule has 128 valence electrons. The molecular formula is C18H19N5O2. The fraction of sp³-hybridized carbons (Fsp3) is 0.167. The van der Waals surface area contributed by atoms with Crippen molar-refractivity contribution < 1.29 is 9.21 Å². The number of nitrogens with one attached hydrogen (secondary N) is 3. The number of hydrogen-bond donors (Lipinski definition) is 3. The van der Waals surface area contributed by atoms with Gasteiger partial charge >= 0.3 is 0 Å². The second kappa shape index (κ2) is 7.48. The molecule has 2 aromatic heterocycles. The van der Waals surface area contributed by atoms with Crippen molar-refractivity contribution in [2.75, 3.05) is 16.0 Å². The lowest BCUT2D eigenvalue weighted by atomic mass is 10.2. The van der Waals surface area contributed by atoms with Crippen LogP contribution in [0.3, 0.4) is 0 Å². The summed E-state index contributed by atoms with van der Waals surface area (Å²) >= 11 is 0. The number of aromatic nitrogens is 2. The van der Waals surface area contributed by atoms with E-state index in [9.17, 15) is 4.79 Å². The third kappa shape index (κ3) is 4.81. The van der Waals surface area contributed by atoms with Gasteiger partial charge in [-0.05, 0) is 43.3 Å². The maximum absolute atomic E-state index is 11.1. The Labute approximate surface area is 145 Å². The smallest absolute Gasteiger partial charge is 0.225 e. The summed E-state index contributed by atoms with van der Waals surface area (Å²) in [5.74, 6) is 1.92. The molecule has 0 saturated heterocycles. The zero-order valence-electron chi connectivity index (χ0n) is 14.0.